The number of para-hydroxylation sites is 1. The summed E-state index contributed by atoms with van der Waals surface area (Å²) in [6.45, 7) is 4.52. The molecule has 1 aliphatic rings. The van der Waals surface area contributed by atoms with E-state index in [9.17, 15) is 0 Å². The van der Waals surface area contributed by atoms with Crippen LogP contribution in [-0.4, -0.2) is 36.9 Å². The molecule has 0 spiro atoms. The third kappa shape index (κ3) is 3.52. The third-order valence-corrected chi connectivity index (χ3v) is 3.94. The predicted molar refractivity (Wildman–Crippen MR) is 83.7 cm³/mol. The fourth-order valence-corrected chi connectivity index (χ4v) is 2.77. The standard InChI is InChI=1S/C17H22N2O2/c1-13(15-8-4-11-20-15)18-10-12-21-16-7-2-5-14-6-3-9-19-17(14)16/h2-3,5-7,9,13,15,18H,4,8,10-12H2,1H3. The van der Waals surface area contributed by atoms with E-state index in [4.69, 9.17) is 9.47 Å². The van der Waals surface area contributed by atoms with Gasteiger partial charge in [0.15, 0.2) is 0 Å². The Balaban J connectivity index is 1.50. The van der Waals surface area contributed by atoms with E-state index in [-0.39, 0.29) is 0 Å². The lowest BCUT2D eigenvalue weighted by molar-refractivity contribution is 0.0824. The van der Waals surface area contributed by atoms with Crippen LogP contribution < -0.4 is 10.1 Å². The van der Waals surface area contributed by atoms with Crippen molar-refractivity contribution in [2.75, 3.05) is 19.8 Å². The number of nitrogens with zero attached hydrogens (tertiary/aromatic N) is 1. The molecule has 1 N–H and O–H groups in total. The summed E-state index contributed by atoms with van der Waals surface area (Å²) in [5.74, 6) is 0.847. The van der Waals surface area contributed by atoms with Gasteiger partial charge in [-0.15, -0.1) is 0 Å². The highest BCUT2D eigenvalue weighted by atomic mass is 16.5. The van der Waals surface area contributed by atoms with Crippen LogP contribution in [0.1, 0.15) is 19.8 Å². The van der Waals surface area contributed by atoms with Crippen molar-refractivity contribution < 1.29 is 9.47 Å². The van der Waals surface area contributed by atoms with Crippen LogP contribution in [0.2, 0.25) is 0 Å². The zero-order valence-electron chi connectivity index (χ0n) is 12.4. The van der Waals surface area contributed by atoms with Crippen LogP contribution in [0.4, 0.5) is 0 Å². The normalized spacial score (nSPS) is 19.8. The smallest absolute Gasteiger partial charge is 0.145 e. The lowest BCUT2D eigenvalue weighted by Crippen LogP contribution is -2.39. The minimum Gasteiger partial charge on any atom is -0.490 e. The van der Waals surface area contributed by atoms with E-state index in [2.05, 4.69) is 17.2 Å². The van der Waals surface area contributed by atoms with E-state index >= 15 is 0 Å². The van der Waals surface area contributed by atoms with Crippen molar-refractivity contribution in [2.45, 2.75) is 31.9 Å². The number of rotatable bonds is 6. The van der Waals surface area contributed by atoms with E-state index in [1.54, 1.807) is 6.20 Å². The molecular weight excluding hydrogens is 264 g/mol. The molecule has 2 aromatic rings. The van der Waals surface area contributed by atoms with E-state index < -0.39 is 0 Å². The van der Waals surface area contributed by atoms with Crippen molar-refractivity contribution >= 4 is 10.9 Å². The molecule has 0 radical (unpaired) electrons. The molecule has 1 aromatic carbocycles. The van der Waals surface area contributed by atoms with Gasteiger partial charge in [0.1, 0.15) is 17.9 Å². The van der Waals surface area contributed by atoms with Gasteiger partial charge >= 0.3 is 0 Å². The highest BCUT2D eigenvalue weighted by Crippen LogP contribution is 2.22. The largest absolute Gasteiger partial charge is 0.490 e. The maximum absolute atomic E-state index is 5.87. The van der Waals surface area contributed by atoms with Gasteiger partial charge < -0.3 is 14.8 Å². The SMILES string of the molecule is CC(NCCOc1cccc2cccnc12)C1CCCO1. The van der Waals surface area contributed by atoms with Crippen LogP contribution in [-0.2, 0) is 4.74 Å². The van der Waals surface area contributed by atoms with Crippen molar-refractivity contribution in [2.24, 2.45) is 0 Å². The highest BCUT2D eigenvalue weighted by Gasteiger charge is 2.21. The average molecular weight is 286 g/mol. The summed E-state index contributed by atoms with van der Waals surface area (Å²) in [5, 5.41) is 4.58. The van der Waals surface area contributed by atoms with Gasteiger partial charge in [0.25, 0.3) is 0 Å². The second-order valence-electron chi connectivity index (χ2n) is 5.47. The summed E-state index contributed by atoms with van der Waals surface area (Å²) in [7, 11) is 0. The number of hydrogen-bond donors (Lipinski definition) is 1. The minimum atomic E-state index is 0.351. The summed E-state index contributed by atoms with van der Waals surface area (Å²) >= 11 is 0. The van der Waals surface area contributed by atoms with Crippen LogP contribution in [0.25, 0.3) is 10.9 Å². The van der Waals surface area contributed by atoms with E-state index in [1.807, 2.05) is 30.3 Å². The number of fused-ring (bicyclic) bond motifs is 1. The molecule has 0 amide bonds. The number of benzene rings is 1. The molecule has 2 atom stereocenters. The summed E-state index contributed by atoms with van der Waals surface area (Å²) in [6.07, 6.45) is 4.48. The number of aromatic nitrogens is 1. The Morgan fingerprint density at radius 3 is 3.14 bits per heavy atom. The van der Waals surface area contributed by atoms with E-state index in [0.29, 0.717) is 18.8 Å². The van der Waals surface area contributed by atoms with Crippen molar-refractivity contribution in [1.29, 1.82) is 0 Å². The average Bonchev–Trinajstić information content (AvgIpc) is 3.06. The molecule has 1 fully saturated rings. The maximum Gasteiger partial charge on any atom is 0.145 e. The quantitative estimate of drug-likeness (QED) is 0.829. The second kappa shape index (κ2) is 6.87. The minimum absolute atomic E-state index is 0.351. The van der Waals surface area contributed by atoms with Crippen LogP contribution in [0.5, 0.6) is 5.75 Å². The molecule has 4 heteroatoms. The van der Waals surface area contributed by atoms with Crippen LogP contribution in [0.3, 0.4) is 0 Å². The first-order valence-corrected chi connectivity index (χ1v) is 7.66. The van der Waals surface area contributed by atoms with Crippen molar-refractivity contribution in [3.8, 4) is 5.75 Å². The molecule has 1 aliphatic heterocycles. The number of ether oxygens (including phenoxy) is 2. The van der Waals surface area contributed by atoms with Gasteiger partial charge in [-0.2, -0.15) is 0 Å². The summed E-state index contributed by atoms with van der Waals surface area (Å²) < 4.78 is 11.5. The fraction of sp³-hybridized carbons (Fsp3) is 0.471. The van der Waals surface area contributed by atoms with Crippen LogP contribution >= 0.6 is 0 Å². The molecule has 4 nitrogen and oxygen atoms in total. The Morgan fingerprint density at radius 1 is 1.38 bits per heavy atom. The Kier molecular flexibility index (Phi) is 4.68. The Hall–Kier alpha value is -1.65. The van der Waals surface area contributed by atoms with Gasteiger partial charge in [-0.05, 0) is 31.9 Å². The molecule has 2 heterocycles. The molecule has 2 unspecified atom stereocenters. The molecule has 112 valence electrons. The zero-order valence-corrected chi connectivity index (χ0v) is 12.4. The second-order valence-corrected chi connectivity index (χ2v) is 5.47. The molecule has 0 aliphatic carbocycles. The molecule has 3 rings (SSSR count). The van der Waals surface area contributed by atoms with E-state index in [0.717, 1.165) is 36.2 Å². The maximum atomic E-state index is 5.87. The number of hydrogen-bond acceptors (Lipinski definition) is 4. The van der Waals surface area contributed by atoms with Gasteiger partial charge in [0.2, 0.25) is 0 Å². The third-order valence-electron chi connectivity index (χ3n) is 3.94. The van der Waals surface area contributed by atoms with Crippen molar-refractivity contribution in [3.63, 3.8) is 0 Å². The van der Waals surface area contributed by atoms with Gasteiger partial charge in [-0.25, -0.2) is 0 Å². The molecule has 0 bridgehead atoms. The highest BCUT2D eigenvalue weighted by molar-refractivity contribution is 5.84. The van der Waals surface area contributed by atoms with Crippen molar-refractivity contribution in [1.82, 2.24) is 10.3 Å². The number of nitrogens with one attached hydrogen (secondary N) is 1. The molecule has 21 heavy (non-hydrogen) atoms. The Bertz CT molecular complexity index is 577. The van der Waals surface area contributed by atoms with Gasteiger partial charge in [-0.1, -0.05) is 18.2 Å². The molecular formula is C17H22N2O2. The van der Waals surface area contributed by atoms with E-state index in [1.165, 1.54) is 6.42 Å². The Labute approximate surface area is 125 Å². The molecule has 0 saturated carbocycles. The van der Waals surface area contributed by atoms with Gasteiger partial charge in [0, 0.05) is 30.8 Å². The summed E-state index contributed by atoms with van der Waals surface area (Å²) in [4.78, 5) is 4.39. The summed E-state index contributed by atoms with van der Waals surface area (Å²) in [6, 6.07) is 10.4. The molecule has 1 aromatic heterocycles. The monoisotopic (exact) mass is 286 g/mol. The first kappa shape index (κ1) is 14.3. The first-order chi connectivity index (χ1) is 10.3. The fourth-order valence-electron chi connectivity index (χ4n) is 2.77. The molecule has 1 saturated heterocycles. The predicted octanol–water partition coefficient (Wildman–Crippen LogP) is 2.77. The lowest BCUT2D eigenvalue weighted by Gasteiger charge is -2.20. The zero-order chi connectivity index (χ0) is 14.5. The lowest BCUT2D eigenvalue weighted by atomic mass is 10.1. The van der Waals surface area contributed by atoms with Crippen LogP contribution in [0.15, 0.2) is 36.5 Å². The Morgan fingerprint density at radius 2 is 2.29 bits per heavy atom. The van der Waals surface area contributed by atoms with Crippen LogP contribution in [0, 0.1) is 0 Å². The topological polar surface area (TPSA) is 43.4 Å². The number of pyridine rings is 1. The first-order valence-electron chi connectivity index (χ1n) is 7.66. The van der Waals surface area contributed by atoms with Gasteiger partial charge in [-0.3, -0.25) is 4.98 Å². The summed E-state index contributed by atoms with van der Waals surface area (Å²) in [5.41, 5.74) is 0.923. The van der Waals surface area contributed by atoms with Crippen molar-refractivity contribution in [3.05, 3.63) is 36.5 Å². The van der Waals surface area contributed by atoms with Gasteiger partial charge in [0.05, 0.1) is 6.10 Å².